The topological polar surface area (TPSA) is 71.5 Å². The Morgan fingerprint density at radius 3 is 2.67 bits per heavy atom. The van der Waals surface area contributed by atoms with E-state index in [1.165, 1.54) is 41.1 Å². The summed E-state index contributed by atoms with van der Waals surface area (Å²) in [5, 5.41) is 14.0. The third-order valence-corrected chi connectivity index (χ3v) is 3.20. The van der Waals surface area contributed by atoms with Gasteiger partial charge in [-0.2, -0.15) is 8.78 Å². The number of thiazole rings is 1. The smallest absolute Gasteiger partial charge is 0.387 e. The van der Waals surface area contributed by atoms with Crippen molar-refractivity contribution in [3.8, 4) is 5.75 Å². The number of aliphatic hydroxyl groups is 1. The van der Waals surface area contributed by atoms with Crippen molar-refractivity contribution >= 4 is 17.2 Å². The fourth-order valence-electron chi connectivity index (χ4n) is 1.59. The number of carbonyl (C=O) groups excluding carboxylic acids is 1. The molecule has 0 aliphatic heterocycles. The number of nitrogens with zero attached hydrogens (tertiary/aromatic N) is 1. The maximum atomic E-state index is 12.0. The van der Waals surface area contributed by atoms with Crippen LogP contribution in [0.3, 0.4) is 0 Å². The number of alkyl halides is 2. The minimum Gasteiger partial charge on any atom is -0.435 e. The molecule has 2 rings (SSSR count). The van der Waals surface area contributed by atoms with Crippen molar-refractivity contribution in [1.29, 1.82) is 0 Å². The van der Waals surface area contributed by atoms with Crippen molar-refractivity contribution in [3.63, 3.8) is 0 Å². The first-order valence-electron chi connectivity index (χ1n) is 5.95. The average Bonchev–Trinajstić information content (AvgIpc) is 2.99. The molecular formula is C13H12F2N2O3S. The Balaban J connectivity index is 1.88. The quantitative estimate of drug-likeness (QED) is 0.857. The Morgan fingerprint density at radius 1 is 1.38 bits per heavy atom. The summed E-state index contributed by atoms with van der Waals surface area (Å²) in [5.74, 6) is -0.375. The van der Waals surface area contributed by atoms with Crippen molar-refractivity contribution in [3.05, 3.63) is 46.4 Å². The zero-order chi connectivity index (χ0) is 15.2. The van der Waals surface area contributed by atoms with Crippen molar-refractivity contribution in [1.82, 2.24) is 10.3 Å². The van der Waals surface area contributed by atoms with Crippen LogP contribution in [0, 0.1) is 0 Å². The summed E-state index contributed by atoms with van der Waals surface area (Å²) in [6.45, 7) is -2.90. The molecule has 0 aliphatic rings. The van der Waals surface area contributed by atoms with E-state index in [9.17, 15) is 18.7 Å². The lowest BCUT2D eigenvalue weighted by molar-refractivity contribution is -0.0498. The maximum absolute atomic E-state index is 12.0. The Hall–Kier alpha value is -2.06. The zero-order valence-electron chi connectivity index (χ0n) is 10.7. The van der Waals surface area contributed by atoms with E-state index in [2.05, 4.69) is 15.0 Å². The van der Waals surface area contributed by atoms with Gasteiger partial charge in [-0.15, -0.1) is 11.3 Å². The molecule has 1 unspecified atom stereocenters. The van der Waals surface area contributed by atoms with E-state index in [1.807, 2.05) is 0 Å². The number of hydrogen-bond donors (Lipinski definition) is 2. The highest BCUT2D eigenvalue weighted by molar-refractivity contribution is 7.07. The number of halogens is 2. The van der Waals surface area contributed by atoms with E-state index in [4.69, 9.17) is 0 Å². The van der Waals surface area contributed by atoms with Crippen molar-refractivity contribution < 1.29 is 23.4 Å². The molecule has 0 saturated carbocycles. The molecule has 21 heavy (non-hydrogen) atoms. The van der Waals surface area contributed by atoms with Crippen LogP contribution < -0.4 is 10.1 Å². The molecule has 1 aromatic carbocycles. The largest absolute Gasteiger partial charge is 0.435 e. The van der Waals surface area contributed by atoms with E-state index >= 15 is 0 Å². The highest BCUT2D eigenvalue weighted by Gasteiger charge is 2.12. The molecule has 0 spiro atoms. The summed E-state index contributed by atoms with van der Waals surface area (Å²) in [6, 6.07) is 5.56. The Morgan fingerprint density at radius 2 is 2.10 bits per heavy atom. The molecule has 1 amide bonds. The summed E-state index contributed by atoms with van der Waals surface area (Å²) in [7, 11) is 0. The molecule has 1 aromatic heterocycles. The van der Waals surface area contributed by atoms with Crippen LogP contribution in [-0.4, -0.2) is 29.2 Å². The van der Waals surface area contributed by atoms with E-state index in [1.54, 1.807) is 5.38 Å². The average molecular weight is 314 g/mol. The summed E-state index contributed by atoms with van der Waals surface area (Å²) in [6.07, 6.45) is -0.951. The van der Waals surface area contributed by atoms with Gasteiger partial charge in [0, 0.05) is 11.9 Å². The summed E-state index contributed by atoms with van der Waals surface area (Å²) >= 11 is 1.30. The van der Waals surface area contributed by atoms with Gasteiger partial charge < -0.3 is 15.2 Å². The number of amides is 1. The molecule has 0 saturated heterocycles. The van der Waals surface area contributed by atoms with Crippen LogP contribution >= 0.6 is 11.3 Å². The van der Waals surface area contributed by atoms with Crippen LogP contribution in [0.5, 0.6) is 5.75 Å². The Labute approximate surface area is 123 Å². The second-order valence-corrected chi connectivity index (χ2v) is 4.77. The molecular weight excluding hydrogens is 302 g/mol. The molecule has 1 atom stereocenters. The van der Waals surface area contributed by atoms with Gasteiger partial charge in [0.15, 0.2) is 0 Å². The number of aliphatic hydroxyl groups excluding tert-OH is 1. The Bertz CT molecular complexity index is 576. The van der Waals surface area contributed by atoms with Gasteiger partial charge in [-0.1, -0.05) is 12.1 Å². The van der Waals surface area contributed by atoms with Crippen LogP contribution in [0.2, 0.25) is 0 Å². The molecule has 0 bridgehead atoms. The lowest BCUT2D eigenvalue weighted by atomic mass is 10.1. The van der Waals surface area contributed by atoms with Gasteiger partial charge in [-0.05, 0) is 17.7 Å². The molecule has 5 nitrogen and oxygen atoms in total. The van der Waals surface area contributed by atoms with Gasteiger partial charge >= 0.3 is 6.61 Å². The van der Waals surface area contributed by atoms with Crippen molar-refractivity contribution in [2.45, 2.75) is 12.7 Å². The molecule has 0 aliphatic carbocycles. The van der Waals surface area contributed by atoms with Crippen LogP contribution in [0.1, 0.15) is 22.2 Å². The Kier molecular flexibility index (Phi) is 5.18. The number of nitrogens with one attached hydrogen (secondary N) is 1. The van der Waals surface area contributed by atoms with Crippen molar-refractivity contribution in [2.24, 2.45) is 0 Å². The predicted molar refractivity (Wildman–Crippen MR) is 72.5 cm³/mol. The number of carbonyl (C=O) groups is 1. The van der Waals surface area contributed by atoms with E-state index in [0.29, 0.717) is 5.56 Å². The van der Waals surface area contributed by atoms with Gasteiger partial charge in [0.25, 0.3) is 5.91 Å². The van der Waals surface area contributed by atoms with Crippen LogP contribution in [-0.2, 0) is 0 Å². The lowest BCUT2D eigenvalue weighted by Crippen LogP contribution is -2.28. The molecule has 0 radical (unpaired) electrons. The molecule has 1 heterocycles. The first-order chi connectivity index (χ1) is 10.1. The minimum absolute atomic E-state index is 0.00691. The van der Waals surface area contributed by atoms with Crippen molar-refractivity contribution in [2.75, 3.05) is 6.54 Å². The molecule has 2 N–H and O–H groups in total. The highest BCUT2D eigenvalue weighted by atomic mass is 32.1. The first-order valence-corrected chi connectivity index (χ1v) is 6.90. The number of benzene rings is 1. The highest BCUT2D eigenvalue weighted by Crippen LogP contribution is 2.19. The normalized spacial score (nSPS) is 12.2. The summed E-state index contributed by atoms with van der Waals surface area (Å²) in [4.78, 5) is 15.5. The standard InChI is InChI=1S/C13H12F2N2O3S/c14-13(15)20-9-3-1-8(2-4-9)11(18)5-16-12(19)10-6-21-7-17-10/h1-4,6-7,11,13,18H,5H2,(H,16,19). The van der Waals surface area contributed by atoms with E-state index < -0.39 is 12.7 Å². The first kappa shape index (κ1) is 15.3. The molecule has 2 aromatic rings. The van der Waals surface area contributed by atoms with E-state index in [0.717, 1.165) is 0 Å². The SMILES string of the molecule is O=C(NCC(O)c1ccc(OC(F)F)cc1)c1cscn1. The fourth-order valence-corrected chi connectivity index (χ4v) is 2.13. The zero-order valence-corrected chi connectivity index (χ0v) is 11.5. The van der Waals surface area contributed by atoms with Gasteiger partial charge in [-0.25, -0.2) is 4.98 Å². The molecule has 8 heteroatoms. The third kappa shape index (κ3) is 4.47. The van der Waals surface area contributed by atoms with Gasteiger partial charge in [-0.3, -0.25) is 4.79 Å². The van der Waals surface area contributed by atoms with Gasteiger partial charge in [0.05, 0.1) is 11.6 Å². The predicted octanol–water partition coefficient (Wildman–Crippen LogP) is 2.21. The number of aromatic nitrogens is 1. The minimum atomic E-state index is -2.89. The third-order valence-electron chi connectivity index (χ3n) is 2.61. The number of ether oxygens (including phenoxy) is 1. The number of rotatable bonds is 6. The van der Waals surface area contributed by atoms with E-state index in [-0.39, 0.29) is 23.9 Å². The molecule has 112 valence electrons. The lowest BCUT2D eigenvalue weighted by Gasteiger charge is -2.12. The fraction of sp³-hybridized carbons (Fsp3) is 0.231. The van der Waals surface area contributed by atoms with Gasteiger partial charge in [0.1, 0.15) is 11.4 Å². The van der Waals surface area contributed by atoms with Gasteiger partial charge in [0.2, 0.25) is 0 Å². The maximum Gasteiger partial charge on any atom is 0.387 e. The number of hydrogen-bond acceptors (Lipinski definition) is 5. The molecule has 0 fully saturated rings. The van der Waals surface area contributed by atoms with Crippen LogP contribution in [0.4, 0.5) is 8.78 Å². The monoisotopic (exact) mass is 314 g/mol. The second-order valence-electron chi connectivity index (χ2n) is 4.05. The van der Waals surface area contributed by atoms with Crippen LogP contribution in [0.25, 0.3) is 0 Å². The summed E-state index contributed by atoms with van der Waals surface area (Å²) < 4.78 is 28.2. The second kappa shape index (κ2) is 7.09. The summed E-state index contributed by atoms with van der Waals surface area (Å²) in [5.41, 5.74) is 2.30. The van der Waals surface area contributed by atoms with Crippen LogP contribution in [0.15, 0.2) is 35.2 Å².